The topological polar surface area (TPSA) is 101 Å². The van der Waals surface area contributed by atoms with Gasteiger partial charge in [0, 0.05) is 11.9 Å². The van der Waals surface area contributed by atoms with Gasteiger partial charge in [-0.15, -0.1) is 0 Å². The molecule has 22 heavy (non-hydrogen) atoms. The van der Waals surface area contributed by atoms with Crippen LogP contribution in [0.5, 0.6) is 0 Å². The molecule has 0 atom stereocenters. The number of methoxy groups -OCH3 is 1. The number of carbonyl (C=O) groups excluding carboxylic acids is 3. The van der Waals surface area contributed by atoms with Crippen LogP contribution in [0.25, 0.3) is 0 Å². The maximum Gasteiger partial charge on any atom is 0.355 e. The van der Waals surface area contributed by atoms with Crippen molar-refractivity contribution < 1.29 is 23.9 Å². The van der Waals surface area contributed by atoms with Gasteiger partial charge in [-0.25, -0.2) is 9.59 Å². The monoisotopic (exact) mass is 304 g/mol. The van der Waals surface area contributed by atoms with Gasteiger partial charge in [0.05, 0.1) is 18.4 Å². The summed E-state index contributed by atoms with van der Waals surface area (Å²) in [6.07, 6.45) is 1.58. The lowest BCUT2D eigenvalue weighted by molar-refractivity contribution is 0.0468. The van der Waals surface area contributed by atoms with Crippen molar-refractivity contribution in [3.05, 3.63) is 46.5 Å². The van der Waals surface area contributed by atoms with E-state index in [1.54, 1.807) is 32.2 Å². The molecular formula is C15H16N2O5. The van der Waals surface area contributed by atoms with Gasteiger partial charge in [0.25, 0.3) is 0 Å². The van der Waals surface area contributed by atoms with Crippen molar-refractivity contribution in [3.63, 3.8) is 0 Å². The number of ether oxygens (including phenoxy) is 2. The molecule has 0 spiro atoms. The number of carbonyl (C=O) groups is 3. The van der Waals surface area contributed by atoms with Crippen molar-refractivity contribution in [2.24, 2.45) is 0 Å². The highest BCUT2D eigenvalue weighted by molar-refractivity contribution is 6.03. The number of hydrogen-bond donors (Lipinski definition) is 2. The van der Waals surface area contributed by atoms with Crippen LogP contribution in [0.2, 0.25) is 0 Å². The minimum Gasteiger partial charge on any atom is -0.465 e. The van der Waals surface area contributed by atoms with Crippen LogP contribution in [0.15, 0.2) is 18.3 Å². The Morgan fingerprint density at radius 1 is 1.18 bits per heavy atom. The Labute approximate surface area is 126 Å². The van der Waals surface area contributed by atoms with E-state index in [-0.39, 0.29) is 11.4 Å². The number of Topliss-reactive ketones (excluding diaryl/α,β-unsaturated/α-hetero) is 1. The number of hydrogen-bond acceptors (Lipinski definition) is 5. The molecule has 116 valence electrons. The third-order valence-corrected chi connectivity index (χ3v) is 3.26. The van der Waals surface area contributed by atoms with Crippen LogP contribution in [0.3, 0.4) is 0 Å². The first kappa shape index (κ1) is 15.6. The van der Waals surface area contributed by atoms with Gasteiger partial charge in [-0.2, -0.15) is 0 Å². The van der Waals surface area contributed by atoms with E-state index in [2.05, 4.69) is 14.7 Å². The lowest BCUT2D eigenvalue weighted by atomic mass is 10.1. The SMILES string of the molecule is COC(=O)c1c(C)[nH]c(C(=O)COC(=O)c2ccc[nH]2)c1C. The van der Waals surface area contributed by atoms with Gasteiger partial charge in [-0.05, 0) is 31.5 Å². The molecule has 7 heteroatoms. The molecule has 0 bridgehead atoms. The fourth-order valence-electron chi connectivity index (χ4n) is 2.18. The Balaban J connectivity index is 2.10. The zero-order chi connectivity index (χ0) is 16.3. The molecule has 0 saturated carbocycles. The normalized spacial score (nSPS) is 10.3. The number of ketones is 1. The Bertz CT molecular complexity index is 713. The van der Waals surface area contributed by atoms with Crippen molar-refractivity contribution in [1.29, 1.82) is 0 Å². The zero-order valence-electron chi connectivity index (χ0n) is 12.5. The number of aromatic nitrogens is 2. The number of aromatic amines is 2. The van der Waals surface area contributed by atoms with Gasteiger partial charge in [0.15, 0.2) is 6.61 Å². The van der Waals surface area contributed by atoms with Crippen molar-refractivity contribution in [3.8, 4) is 0 Å². The highest BCUT2D eigenvalue weighted by atomic mass is 16.5. The second-order valence-electron chi connectivity index (χ2n) is 4.70. The maximum atomic E-state index is 12.1. The van der Waals surface area contributed by atoms with E-state index in [1.165, 1.54) is 7.11 Å². The molecule has 0 aliphatic heterocycles. The standard InChI is InChI=1S/C15H16N2O5/c1-8-12(15(20)21-3)9(2)17-13(8)11(18)7-22-14(19)10-5-4-6-16-10/h4-6,16-17H,7H2,1-3H3. The van der Waals surface area contributed by atoms with Crippen molar-refractivity contribution in [2.75, 3.05) is 13.7 Å². The lowest BCUT2D eigenvalue weighted by Crippen LogP contribution is -2.15. The molecule has 2 aromatic heterocycles. The summed E-state index contributed by atoms with van der Waals surface area (Å²) in [7, 11) is 1.27. The molecule has 0 radical (unpaired) electrons. The van der Waals surface area contributed by atoms with Crippen LogP contribution in [-0.2, 0) is 9.47 Å². The van der Waals surface area contributed by atoms with E-state index in [9.17, 15) is 14.4 Å². The van der Waals surface area contributed by atoms with E-state index in [4.69, 9.17) is 4.74 Å². The number of aryl methyl sites for hydroxylation is 1. The highest BCUT2D eigenvalue weighted by Gasteiger charge is 2.23. The summed E-state index contributed by atoms with van der Waals surface area (Å²) in [5.41, 5.74) is 1.83. The van der Waals surface area contributed by atoms with Crippen LogP contribution in [-0.4, -0.2) is 41.4 Å². The lowest BCUT2D eigenvalue weighted by Gasteiger charge is -2.03. The first-order valence-electron chi connectivity index (χ1n) is 6.57. The van der Waals surface area contributed by atoms with Gasteiger partial charge in [-0.3, -0.25) is 4.79 Å². The molecule has 0 aliphatic carbocycles. The minimum absolute atomic E-state index is 0.234. The van der Waals surface area contributed by atoms with Gasteiger partial charge >= 0.3 is 11.9 Å². The summed E-state index contributed by atoms with van der Waals surface area (Å²) in [6.45, 7) is 2.88. The summed E-state index contributed by atoms with van der Waals surface area (Å²) in [6, 6.07) is 3.20. The summed E-state index contributed by atoms with van der Waals surface area (Å²) >= 11 is 0. The molecule has 0 saturated heterocycles. The largest absolute Gasteiger partial charge is 0.465 e. The molecule has 2 N–H and O–H groups in total. The zero-order valence-corrected chi connectivity index (χ0v) is 12.5. The minimum atomic E-state index is -0.618. The van der Waals surface area contributed by atoms with Crippen LogP contribution in [0.1, 0.15) is 42.6 Å². The fraction of sp³-hybridized carbons (Fsp3) is 0.267. The summed E-state index contributed by atoms with van der Waals surface area (Å²) in [4.78, 5) is 41.0. The first-order valence-corrected chi connectivity index (χ1v) is 6.57. The molecule has 2 heterocycles. The molecule has 0 aliphatic rings. The number of rotatable bonds is 5. The highest BCUT2D eigenvalue weighted by Crippen LogP contribution is 2.19. The second-order valence-corrected chi connectivity index (χ2v) is 4.70. The smallest absolute Gasteiger partial charge is 0.355 e. The van der Waals surface area contributed by atoms with Crippen LogP contribution >= 0.6 is 0 Å². The van der Waals surface area contributed by atoms with Gasteiger partial charge in [0.1, 0.15) is 5.69 Å². The molecule has 2 rings (SSSR count). The number of nitrogens with one attached hydrogen (secondary N) is 2. The number of esters is 2. The van der Waals surface area contributed by atoms with E-state index in [0.29, 0.717) is 16.8 Å². The molecule has 2 aromatic rings. The Hall–Kier alpha value is -2.83. The average Bonchev–Trinajstić information content (AvgIpc) is 3.12. The predicted octanol–water partition coefficient (Wildman–Crippen LogP) is 1.79. The predicted molar refractivity (Wildman–Crippen MR) is 77.0 cm³/mol. The van der Waals surface area contributed by atoms with Crippen molar-refractivity contribution in [2.45, 2.75) is 13.8 Å². The summed E-state index contributed by atoms with van der Waals surface area (Å²) in [5.74, 6) is -1.56. The van der Waals surface area contributed by atoms with Crippen LogP contribution < -0.4 is 0 Å². The van der Waals surface area contributed by atoms with Crippen LogP contribution in [0.4, 0.5) is 0 Å². The molecule has 7 nitrogen and oxygen atoms in total. The Morgan fingerprint density at radius 3 is 2.50 bits per heavy atom. The van der Waals surface area contributed by atoms with Crippen LogP contribution in [0, 0.1) is 13.8 Å². The van der Waals surface area contributed by atoms with Gasteiger partial charge in [0.2, 0.25) is 5.78 Å². The van der Waals surface area contributed by atoms with E-state index >= 15 is 0 Å². The summed E-state index contributed by atoms with van der Waals surface area (Å²) < 4.78 is 9.62. The second kappa shape index (κ2) is 6.30. The molecule has 0 amide bonds. The van der Waals surface area contributed by atoms with Crippen molar-refractivity contribution in [1.82, 2.24) is 9.97 Å². The summed E-state index contributed by atoms with van der Waals surface area (Å²) in [5, 5.41) is 0. The molecule has 0 unspecified atom stereocenters. The van der Waals surface area contributed by atoms with Gasteiger partial charge in [-0.1, -0.05) is 0 Å². The average molecular weight is 304 g/mol. The van der Waals surface area contributed by atoms with E-state index < -0.39 is 24.3 Å². The Morgan fingerprint density at radius 2 is 1.91 bits per heavy atom. The Kier molecular flexibility index (Phi) is 4.45. The third-order valence-electron chi connectivity index (χ3n) is 3.26. The third kappa shape index (κ3) is 2.93. The van der Waals surface area contributed by atoms with Gasteiger partial charge < -0.3 is 19.4 Å². The molecule has 0 aromatic carbocycles. The van der Waals surface area contributed by atoms with Crippen molar-refractivity contribution >= 4 is 17.7 Å². The number of H-pyrrole nitrogens is 2. The fourth-order valence-corrected chi connectivity index (χ4v) is 2.18. The van der Waals surface area contributed by atoms with E-state index in [1.807, 2.05) is 0 Å². The molecular weight excluding hydrogens is 288 g/mol. The van der Waals surface area contributed by atoms with E-state index in [0.717, 1.165) is 0 Å². The molecule has 0 fully saturated rings. The first-order chi connectivity index (χ1) is 10.5. The quantitative estimate of drug-likeness (QED) is 0.647. The maximum absolute atomic E-state index is 12.1.